The number of fused-ring (bicyclic) bond motifs is 5. The van der Waals surface area contributed by atoms with Crippen LogP contribution in [0.25, 0.3) is 32.7 Å². The van der Waals surface area contributed by atoms with Gasteiger partial charge in [0, 0.05) is 38.8 Å². The fraction of sp³-hybridized carbons (Fsp3) is 0.200. The summed E-state index contributed by atoms with van der Waals surface area (Å²) in [6.07, 6.45) is 0. The van der Waals surface area contributed by atoms with Crippen molar-refractivity contribution in [3.8, 4) is 11.1 Å². The van der Waals surface area contributed by atoms with E-state index in [1.54, 1.807) is 11.1 Å². The van der Waals surface area contributed by atoms with E-state index < -0.39 is 16.1 Å². The lowest BCUT2D eigenvalue weighted by molar-refractivity contribution is 0.956. The lowest BCUT2D eigenvalue weighted by Crippen LogP contribution is -2.63. The summed E-state index contributed by atoms with van der Waals surface area (Å²) in [6.45, 7) is 24.6. The second-order valence-corrected chi connectivity index (χ2v) is 30.0. The van der Waals surface area contributed by atoms with Gasteiger partial charge in [-0.2, -0.15) is 0 Å². The quantitative estimate of drug-likeness (QED) is 0.141. The van der Waals surface area contributed by atoms with Gasteiger partial charge in [-0.25, -0.2) is 0 Å². The van der Waals surface area contributed by atoms with Crippen LogP contribution in [0.15, 0.2) is 158 Å². The van der Waals surface area contributed by atoms with Crippen molar-refractivity contribution in [1.29, 1.82) is 0 Å². The van der Waals surface area contributed by atoms with Crippen LogP contribution < -0.4 is 9.80 Å². The maximum atomic E-state index is 2.62. The number of rotatable bonds is 8. The van der Waals surface area contributed by atoms with Crippen LogP contribution >= 0.6 is 0 Å². The Balaban J connectivity index is 1.26. The molecule has 8 aromatic rings. The van der Waals surface area contributed by atoms with E-state index >= 15 is 0 Å². The topological polar surface area (TPSA) is 6.48 Å². The zero-order chi connectivity index (χ0) is 41.4. The summed E-state index contributed by atoms with van der Waals surface area (Å²) in [5.74, 6) is 0. The Morgan fingerprint density at radius 3 is 1.10 bits per heavy atom. The summed E-state index contributed by atoms with van der Waals surface area (Å²) in [5, 5.41) is 5.19. The average molecular weight is 801 g/mol. The summed E-state index contributed by atoms with van der Waals surface area (Å²) in [5.41, 5.74) is 18.2. The first-order valence-corrected chi connectivity index (χ1v) is 28.2. The van der Waals surface area contributed by atoms with Gasteiger partial charge in [0.1, 0.15) is 0 Å². The lowest BCUT2D eigenvalue weighted by atomic mass is 9.97. The molecule has 0 atom stereocenters. The van der Waals surface area contributed by atoms with Crippen LogP contribution in [0.5, 0.6) is 0 Å². The zero-order valence-electron chi connectivity index (χ0n) is 36.4. The zero-order valence-corrected chi connectivity index (χ0v) is 38.4. The van der Waals surface area contributed by atoms with Gasteiger partial charge in [0.15, 0.2) is 0 Å². The molecule has 0 unspecified atom stereocenters. The van der Waals surface area contributed by atoms with E-state index in [0.29, 0.717) is 0 Å². The fourth-order valence-corrected chi connectivity index (χ4v) is 24.0. The molecule has 59 heavy (non-hydrogen) atoms. The summed E-state index contributed by atoms with van der Waals surface area (Å²) in [7, 11) is -3.91. The van der Waals surface area contributed by atoms with Crippen LogP contribution in [-0.2, 0) is 4.66 Å². The first-order valence-electron chi connectivity index (χ1n) is 21.2. The molecule has 0 spiro atoms. The molecule has 0 saturated heterocycles. The number of anilines is 6. The molecule has 9 rings (SSSR count). The third-order valence-corrected chi connectivity index (χ3v) is 23.1. The standard InChI is InChI=1S/C55H56N2Si2/c1-37-21-27-53(39(3)29-37)56(45-17-13-11-14-18-45)47-25-23-41-33-49-50-34-42-24-26-48(57(46-19-15-12-16-20-46)54-28-22-38(2)30-40(54)4)32-44(42)36-52(50)55(58(5,6)7,59(8,9)10)51(49)35-43(41)31-47/h11-36H,1-10H3. The van der Waals surface area contributed by atoms with Gasteiger partial charge in [-0.3, -0.25) is 0 Å². The maximum absolute atomic E-state index is 2.62. The molecule has 2 nitrogen and oxygen atoms in total. The third kappa shape index (κ3) is 6.36. The van der Waals surface area contributed by atoms with Gasteiger partial charge in [-0.15, -0.1) is 0 Å². The van der Waals surface area contributed by atoms with Crippen molar-refractivity contribution >= 4 is 71.8 Å². The van der Waals surface area contributed by atoms with E-state index in [1.165, 1.54) is 89.0 Å². The molecule has 0 fully saturated rings. The third-order valence-electron chi connectivity index (χ3n) is 13.0. The van der Waals surface area contributed by atoms with Crippen LogP contribution in [0.1, 0.15) is 33.4 Å². The Bertz CT molecular complexity index is 2700. The van der Waals surface area contributed by atoms with Crippen molar-refractivity contribution in [2.45, 2.75) is 71.6 Å². The highest BCUT2D eigenvalue weighted by Gasteiger charge is 2.59. The number of aryl methyl sites for hydroxylation is 4. The Morgan fingerprint density at radius 1 is 0.356 bits per heavy atom. The monoisotopic (exact) mass is 800 g/mol. The second kappa shape index (κ2) is 14.3. The normalized spacial score (nSPS) is 13.4. The molecule has 0 N–H and O–H groups in total. The van der Waals surface area contributed by atoms with E-state index in [9.17, 15) is 0 Å². The number of para-hydroxylation sites is 2. The van der Waals surface area contributed by atoms with Crippen LogP contribution in [0.4, 0.5) is 34.1 Å². The predicted octanol–water partition coefficient (Wildman–Crippen LogP) is 16.2. The van der Waals surface area contributed by atoms with E-state index in [-0.39, 0.29) is 4.66 Å². The molecule has 0 bridgehead atoms. The van der Waals surface area contributed by atoms with Gasteiger partial charge < -0.3 is 9.80 Å². The SMILES string of the molecule is Cc1ccc(N(c2ccccc2)c2ccc3cc4c(cc3c2)C([Si](C)(C)C)([Si](C)(C)C)c2cc3cc(N(c5ccccc5)c5ccc(C)cc5C)ccc3cc2-4)c(C)c1. The van der Waals surface area contributed by atoms with Gasteiger partial charge in [0.25, 0.3) is 0 Å². The second-order valence-electron chi connectivity index (χ2n) is 19.0. The number of hydrogen-bond donors (Lipinski definition) is 0. The largest absolute Gasteiger partial charge is 0.310 e. The van der Waals surface area contributed by atoms with Crippen molar-refractivity contribution in [1.82, 2.24) is 0 Å². The lowest BCUT2D eigenvalue weighted by Gasteiger charge is -2.51. The molecule has 0 amide bonds. The molecule has 294 valence electrons. The van der Waals surface area contributed by atoms with Crippen LogP contribution in [0.3, 0.4) is 0 Å². The Hall–Kier alpha value is -5.69. The van der Waals surface area contributed by atoms with Gasteiger partial charge in [0.2, 0.25) is 0 Å². The fourth-order valence-electron chi connectivity index (χ4n) is 10.9. The van der Waals surface area contributed by atoms with E-state index in [4.69, 9.17) is 0 Å². The van der Waals surface area contributed by atoms with Crippen LogP contribution in [0.2, 0.25) is 39.3 Å². The van der Waals surface area contributed by atoms with Gasteiger partial charge in [-0.05, 0) is 155 Å². The first-order chi connectivity index (χ1) is 28.2. The maximum Gasteiger partial charge on any atom is 0.0579 e. The van der Waals surface area contributed by atoms with Crippen molar-refractivity contribution in [3.63, 3.8) is 0 Å². The van der Waals surface area contributed by atoms with E-state index in [1.807, 2.05) is 0 Å². The molecule has 1 aliphatic rings. The molecular formula is C55H56N2Si2. The highest BCUT2D eigenvalue weighted by molar-refractivity contribution is 6.99. The number of hydrogen-bond acceptors (Lipinski definition) is 2. The smallest absolute Gasteiger partial charge is 0.0579 e. The predicted molar refractivity (Wildman–Crippen MR) is 263 cm³/mol. The van der Waals surface area contributed by atoms with Crippen LogP contribution in [-0.4, -0.2) is 16.1 Å². The van der Waals surface area contributed by atoms with Crippen molar-refractivity contribution < 1.29 is 0 Å². The minimum Gasteiger partial charge on any atom is -0.310 e. The molecule has 0 saturated carbocycles. The van der Waals surface area contributed by atoms with Gasteiger partial charge in [-0.1, -0.05) is 135 Å². The first kappa shape index (κ1) is 38.8. The van der Waals surface area contributed by atoms with E-state index in [2.05, 4.69) is 235 Å². The summed E-state index contributed by atoms with van der Waals surface area (Å²) < 4.78 is -0.00161. The molecule has 0 heterocycles. The molecule has 0 radical (unpaired) electrons. The molecular weight excluding hydrogens is 745 g/mol. The van der Waals surface area contributed by atoms with E-state index in [0.717, 1.165) is 0 Å². The minimum absolute atomic E-state index is 0.00161. The molecule has 0 aliphatic heterocycles. The number of nitrogens with zero attached hydrogens (tertiary/aromatic N) is 2. The highest BCUT2D eigenvalue weighted by Crippen LogP contribution is 2.59. The Morgan fingerprint density at radius 2 is 0.746 bits per heavy atom. The summed E-state index contributed by atoms with van der Waals surface area (Å²) >= 11 is 0. The minimum atomic E-state index is -1.95. The molecule has 8 aromatic carbocycles. The summed E-state index contributed by atoms with van der Waals surface area (Å²) in [6, 6.07) is 59.8. The molecule has 1 aliphatic carbocycles. The molecule has 0 aromatic heterocycles. The van der Waals surface area contributed by atoms with Gasteiger partial charge in [0.05, 0.1) is 16.1 Å². The molecule has 4 heteroatoms. The van der Waals surface area contributed by atoms with Crippen molar-refractivity contribution in [2.75, 3.05) is 9.80 Å². The average Bonchev–Trinajstić information content (AvgIpc) is 3.48. The Kier molecular flexibility index (Phi) is 9.37. The van der Waals surface area contributed by atoms with Gasteiger partial charge >= 0.3 is 0 Å². The van der Waals surface area contributed by atoms with Crippen molar-refractivity contribution in [3.05, 3.63) is 191 Å². The highest BCUT2D eigenvalue weighted by atomic mass is 28.4. The van der Waals surface area contributed by atoms with Crippen molar-refractivity contribution in [2.24, 2.45) is 0 Å². The Labute approximate surface area is 353 Å². The summed E-state index contributed by atoms with van der Waals surface area (Å²) in [4.78, 5) is 4.86. The van der Waals surface area contributed by atoms with Crippen LogP contribution in [0, 0.1) is 27.7 Å². The number of benzene rings is 8.